The van der Waals surface area contributed by atoms with Gasteiger partial charge in [-0.25, -0.2) is 9.36 Å². The first kappa shape index (κ1) is 29.8. The van der Waals surface area contributed by atoms with Crippen LogP contribution in [0.3, 0.4) is 0 Å². The number of unbranched alkanes of at least 4 members (excludes halogenated alkanes) is 5. The van der Waals surface area contributed by atoms with Crippen LogP contribution in [0.15, 0.2) is 93.8 Å². The van der Waals surface area contributed by atoms with E-state index in [1.165, 1.54) is 21.5 Å². The van der Waals surface area contributed by atoms with Gasteiger partial charge in [0.2, 0.25) is 11.8 Å². The zero-order chi connectivity index (χ0) is 30.1. The fourth-order valence-electron chi connectivity index (χ4n) is 5.44. The molecule has 0 amide bonds. The van der Waals surface area contributed by atoms with Crippen molar-refractivity contribution < 1.29 is 8.83 Å². The molecule has 6 rings (SSSR count). The van der Waals surface area contributed by atoms with Crippen LogP contribution in [0, 0.1) is 9.67 Å². The molecule has 0 fully saturated rings. The van der Waals surface area contributed by atoms with E-state index < -0.39 is 0 Å². The maximum Gasteiger partial charge on any atom is 0.288 e. The third kappa shape index (κ3) is 7.43. The number of benzene rings is 4. The van der Waals surface area contributed by atoms with Gasteiger partial charge >= 0.3 is 0 Å². The fraction of sp³-hybridized carbons (Fsp3) is 0.294. The summed E-state index contributed by atoms with van der Waals surface area (Å²) in [4.78, 5) is 0.791. The maximum atomic E-state index is 5.75. The van der Waals surface area contributed by atoms with Crippen LogP contribution in [-0.4, -0.2) is 19.6 Å². The van der Waals surface area contributed by atoms with Crippen molar-refractivity contribution in [2.75, 3.05) is 10.6 Å². The second-order valence-electron chi connectivity index (χ2n) is 10.9. The molecule has 0 saturated carbocycles. The molecule has 2 N–H and O–H groups in total. The second kappa shape index (κ2) is 14.5. The summed E-state index contributed by atoms with van der Waals surface area (Å²) in [6.45, 7) is 0.934. The molecule has 6 aromatic rings. The van der Waals surface area contributed by atoms with Crippen molar-refractivity contribution in [1.82, 2.24) is 19.6 Å². The first-order valence-corrected chi connectivity index (χ1v) is 16.0. The molecule has 10 heteroatoms. The van der Waals surface area contributed by atoms with Crippen molar-refractivity contribution in [3.8, 4) is 0 Å². The van der Waals surface area contributed by atoms with E-state index in [0.717, 1.165) is 62.7 Å². The van der Waals surface area contributed by atoms with E-state index >= 15 is 0 Å². The Morgan fingerprint density at radius 3 is 1.41 bits per heavy atom. The Balaban J connectivity index is 0.874. The van der Waals surface area contributed by atoms with Gasteiger partial charge in [0.1, 0.15) is 13.3 Å². The number of anilines is 2. The summed E-state index contributed by atoms with van der Waals surface area (Å²) < 4.78 is 14.9. The first-order chi connectivity index (χ1) is 21.6. The molecule has 0 unspecified atom stereocenters. The Kier molecular flexibility index (Phi) is 9.79. The van der Waals surface area contributed by atoms with E-state index in [9.17, 15) is 0 Å². The average Bonchev–Trinajstić information content (AvgIpc) is 3.60. The number of nitrogens with one attached hydrogen (secondary N) is 2. The van der Waals surface area contributed by atoms with E-state index in [0.29, 0.717) is 34.8 Å². The molecule has 2 heterocycles. The van der Waals surface area contributed by atoms with Crippen LogP contribution in [0.1, 0.15) is 50.3 Å². The van der Waals surface area contributed by atoms with Crippen LogP contribution in [0.2, 0.25) is 0 Å². The quantitative estimate of drug-likeness (QED) is 0.0864. The van der Waals surface area contributed by atoms with Gasteiger partial charge in [0.15, 0.2) is 0 Å². The van der Waals surface area contributed by atoms with Gasteiger partial charge in [-0.2, -0.15) is 0 Å². The van der Waals surface area contributed by atoms with Crippen LogP contribution in [0.5, 0.6) is 0 Å². The van der Waals surface area contributed by atoms with Crippen molar-refractivity contribution in [2.24, 2.45) is 0 Å². The monoisotopic (exact) mass is 624 g/mol. The third-order valence-electron chi connectivity index (χ3n) is 7.75. The molecule has 0 spiro atoms. The van der Waals surface area contributed by atoms with Crippen LogP contribution >= 0.6 is 24.4 Å². The molecule has 226 valence electrons. The molecular weight excluding hydrogens is 589 g/mol. The second-order valence-corrected chi connectivity index (χ2v) is 11.6. The van der Waals surface area contributed by atoms with Gasteiger partial charge in [0.25, 0.3) is 9.67 Å². The standard InChI is InChI=1S/C34H36N6O2S2/c43-33-39(23-35-29-19-11-15-25-13-7-9-17-27(25)29)37-31(41-33)21-5-3-1-2-4-6-22-32-38-40(34(44)42-32)24-36-30-20-12-16-26-14-8-10-18-28(26)30/h7-20,35-36H,1-6,21-24H2. The highest BCUT2D eigenvalue weighted by molar-refractivity contribution is 7.71. The molecule has 8 nitrogen and oxygen atoms in total. The van der Waals surface area contributed by atoms with Gasteiger partial charge in [0.05, 0.1) is 0 Å². The number of fused-ring (bicyclic) bond motifs is 2. The Bertz CT molecular complexity index is 1810. The molecule has 0 radical (unpaired) electrons. The van der Waals surface area contributed by atoms with E-state index in [4.69, 9.17) is 33.3 Å². The topological polar surface area (TPSA) is 86.0 Å². The number of nitrogens with zero attached hydrogens (tertiary/aromatic N) is 4. The minimum Gasteiger partial charge on any atom is -0.414 e. The molecule has 44 heavy (non-hydrogen) atoms. The predicted octanol–water partition coefficient (Wildman–Crippen LogP) is 9.30. The zero-order valence-electron chi connectivity index (χ0n) is 24.6. The highest BCUT2D eigenvalue weighted by Gasteiger charge is 2.08. The molecule has 0 bridgehead atoms. The maximum absolute atomic E-state index is 5.75. The predicted molar refractivity (Wildman–Crippen MR) is 181 cm³/mol. The molecule has 0 aliphatic carbocycles. The van der Waals surface area contributed by atoms with Gasteiger partial charge in [-0.05, 0) is 60.2 Å². The molecule has 4 aromatic carbocycles. The number of aromatic nitrogens is 4. The van der Waals surface area contributed by atoms with E-state index in [-0.39, 0.29) is 0 Å². The van der Waals surface area contributed by atoms with Crippen molar-refractivity contribution in [1.29, 1.82) is 0 Å². The lowest BCUT2D eigenvalue weighted by atomic mass is 10.1. The lowest BCUT2D eigenvalue weighted by Crippen LogP contribution is -2.10. The molecular formula is C34H36N6O2S2. The van der Waals surface area contributed by atoms with Gasteiger partial charge < -0.3 is 19.5 Å². The SMILES string of the molecule is S=c1oc(CCCCCCCCc2nn(CNc3cccc4ccccc34)c(=S)o2)nn1CNc1cccc2ccccc12. The summed E-state index contributed by atoms with van der Waals surface area (Å²) in [5.74, 6) is 1.39. The van der Waals surface area contributed by atoms with E-state index in [1.54, 1.807) is 9.36 Å². The summed E-state index contributed by atoms with van der Waals surface area (Å²) in [7, 11) is 0. The van der Waals surface area contributed by atoms with Crippen molar-refractivity contribution in [2.45, 2.75) is 64.7 Å². The van der Waals surface area contributed by atoms with Crippen LogP contribution in [-0.2, 0) is 26.2 Å². The minimum atomic E-state index is 0.396. The lowest BCUT2D eigenvalue weighted by molar-refractivity contribution is 0.454. The summed E-state index contributed by atoms with van der Waals surface area (Å²) >= 11 is 10.8. The molecule has 0 saturated heterocycles. The van der Waals surface area contributed by atoms with Gasteiger partial charge in [-0.1, -0.05) is 98.5 Å². The van der Waals surface area contributed by atoms with E-state index in [2.05, 4.69) is 69.4 Å². The van der Waals surface area contributed by atoms with Crippen LogP contribution in [0.4, 0.5) is 11.4 Å². The Morgan fingerprint density at radius 2 is 0.932 bits per heavy atom. The van der Waals surface area contributed by atoms with Crippen LogP contribution in [0.25, 0.3) is 21.5 Å². The third-order valence-corrected chi connectivity index (χ3v) is 8.33. The Morgan fingerprint density at radius 1 is 0.523 bits per heavy atom. The van der Waals surface area contributed by atoms with Crippen molar-refractivity contribution >= 4 is 57.4 Å². The first-order valence-electron chi connectivity index (χ1n) is 15.2. The summed E-state index contributed by atoms with van der Waals surface area (Å²) in [6.07, 6.45) is 8.19. The molecule has 0 atom stereocenters. The Labute approximate surface area is 266 Å². The van der Waals surface area contributed by atoms with E-state index in [1.807, 2.05) is 36.4 Å². The summed E-state index contributed by atoms with van der Waals surface area (Å²) in [6, 6.07) is 29.0. The van der Waals surface area contributed by atoms with Gasteiger partial charge in [0, 0.05) is 35.0 Å². The lowest BCUT2D eigenvalue weighted by Gasteiger charge is -2.09. The Hall–Kier alpha value is -4.28. The fourth-order valence-corrected chi connectivity index (χ4v) is 5.84. The largest absolute Gasteiger partial charge is 0.414 e. The smallest absolute Gasteiger partial charge is 0.288 e. The van der Waals surface area contributed by atoms with Gasteiger partial charge in [-0.3, -0.25) is 0 Å². The zero-order valence-corrected chi connectivity index (χ0v) is 26.2. The molecule has 2 aromatic heterocycles. The highest BCUT2D eigenvalue weighted by atomic mass is 32.1. The average molecular weight is 625 g/mol. The highest BCUT2D eigenvalue weighted by Crippen LogP contribution is 2.24. The number of rotatable bonds is 15. The normalized spacial score (nSPS) is 11.4. The van der Waals surface area contributed by atoms with Crippen molar-refractivity contribution in [3.63, 3.8) is 0 Å². The summed E-state index contributed by atoms with van der Waals surface area (Å²) in [5.41, 5.74) is 2.10. The number of aryl methyl sites for hydroxylation is 2. The van der Waals surface area contributed by atoms with Crippen LogP contribution < -0.4 is 10.6 Å². The number of hydrogen-bond acceptors (Lipinski definition) is 8. The summed E-state index contributed by atoms with van der Waals surface area (Å²) in [5, 5.41) is 20.8. The number of hydrogen-bond donors (Lipinski definition) is 2. The molecule has 0 aliphatic heterocycles. The van der Waals surface area contributed by atoms with Crippen molar-refractivity contribution in [3.05, 3.63) is 106 Å². The van der Waals surface area contributed by atoms with Gasteiger partial charge in [-0.15, -0.1) is 10.2 Å². The molecule has 0 aliphatic rings. The minimum absolute atomic E-state index is 0.396.